The standard InChI is InChI=1S/C40H51ClN4O5S/c1-4-45-28-33-14-17-35(33)37(49-3)11-6-5-9-25-51(48,43-39(46)19-13-30-20-22-42-23-21-30)44-40(47)32-15-18-38(36(45)27-32)50-24-8-7-10-31-26-34(41)16-12-29(31)2/h6,11-12,15-16,18,20-23,26-27,33,35,37H,4-5,7-10,13-14,17,19,24-25,28H2,1-3H3,(H,43,44,46,47,48)/b11-6+/t33-,35+,37-,51?/m0/s1. The third-order valence-corrected chi connectivity index (χ3v) is 12.1. The van der Waals surface area contributed by atoms with E-state index in [1.807, 2.05) is 30.3 Å². The van der Waals surface area contributed by atoms with Gasteiger partial charge in [0, 0.05) is 49.6 Å². The van der Waals surface area contributed by atoms with E-state index in [-0.39, 0.29) is 18.3 Å². The normalized spacial score (nSPS) is 23.0. The van der Waals surface area contributed by atoms with Crippen LogP contribution in [0.4, 0.5) is 5.69 Å². The summed E-state index contributed by atoms with van der Waals surface area (Å²) in [5, 5.41) is 0.746. The predicted molar refractivity (Wildman–Crippen MR) is 205 cm³/mol. The average Bonchev–Trinajstić information content (AvgIpc) is 3.11. The predicted octanol–water partition coefficient (Wildman–Crippen LogP) is 7.93. The molecule has 1 aromatic heterocycles. The van der Waals surface area contributed by atoms with Crippen molar-refractivity contribution in [2.24, 2.45) is 16.2 Å². The first-order valence-electron chi connectivity index (χ1n) is 18.1. The maximum atomic E-state index is 14.2. The summed E-state index contributed by atoms with van der Waals surface area (Å²) in [5.74, 6) is 0.498. The number of unbranched alkanes of at least 4 members (excludes halogenated alkanes) is 1. The van der Waals surface area contributed by atoms with Crippen molar-refractivity contribution >= 4 is 39.0 Å². The van der Waals surface area contributed by atoms with Crippen LogP contribution in [-0.2, 0) is 32.3 Å². The highest BCUT2D eigenvalue weighted by molar-refractivity contribution is 7.92. The van der Waals surface area contributed by atoms with E-state index in [1.54, 1.807) is 31.6 Å². The van der Waals surface area contributed by atoms with E-state index in [0.717, 1.165) is 54.9 Å². The first-order chi connectivity index (χ1) is 24.7. The van der Waals surface area contributed by atoms with E-state index in [0.29, 0.717) is 55.6 Å². The zero-order valence-electron chi connectivity index (χ0n) is 30.0. The van der Waals surface area contributed by atoms with Crippen molar-refractivity contribution in [2.45, 2.75) is 77.7 Å². The van der Waals surface area contributed by atoms with Gasteiger partial charge in [0.1, 0.15) is 15.7 Å². The number of hydrogen-bond acceptors (Lipinski definition) is 7. The Morgan fingerprint density at radius 2 is 1.90 bits per heavy atom. The molecule has 1 saturated carbocycles. The molecule has 1 aliphatic carbocycles. The molecule has 1 fully saturated rings. The van der Waals surface area contributed by atoms with E-state index in [2.05, 4.69) is 51.0 Å². The van der Waals surface area contributed by atoms with Crippen molar-refractivity contribution in [3.63, 3.8) is 0 Å². The summed E-state index contributed by atoms with van der Waals surface area (Å²) in [6.07, 6.45) is 14.1. The summed E-state index contributed by atoms with van der Waals surface area (Å²) in [6.45, 7) is 6.22. The van der Waals surface area contributed by atoms with Crippen LogP contribution < -0.4 is 14.4 Å². The molecule has 2 aliphatic rings. The SMILES string of the molecule is CCN1C[C@@H]2CC[C@H]2[C@@H](OC)/C=C/CCCS(=O)(NC(=O)CCc2ccncc2)=NC(=O)c2ccc(OCCCCc3cc(Cl)ccc3C)c1c2. The van der Waals surface area contributed by atoms with Crippen LogP contribution in [0.1, 0.15) is 78.9 Å². The first-order valence-corrected chi connectivity index (χ1v) is 20.2. The van der Waals surface area contributed by atoms with Crippen molar-refractivity contribution in [2.75, 3.05) is 37.5 Å². The van der Waals surface area contributed by atoms with Gasteiger partial charge in [-0.05, 0) is 136 Å². The lowest BCUT2D eigenvalue weighted by Gasteiger charge is -2.43. The third kappa shape index (κ3) is 10.9. The Morgan fingerprint density at radius 3 is 2.65 bits per heavy atom. The summed E-state index contributed by atoms with van der Waals surface area (Å²) in [5.41, 5.74) is 4.52. The molecule has 2 heterocycles. The number of aromatic nitrogens is 1. The van der Waals surface area contributed by atoms with Crippen molar-refractivity contribution in [1.82, 2.24) is 9.71 Å². The van der Waals surface area contributed by atoms with Gasteiger partial charge < -0.3 is 14.4 Å². The number of rotatable bonds is 12. The number of methoxy groups -OCH3 is 1. The lowest BCUT2D eigenvalue weighted by Crippen LogP contribution is -2.43. The molecule has 5 rings (SSSR count). The minimum absolute atomic E-state index is 0.0240. The topological polar surface area (TPSA) is 110 Å². The van der Waals surface area contributed by atoms with Crippen LogP contribution in [0, 0.1) is 18.8 Å². The zero-order valence-corrected chi connectivity index (χ0v) is 31.6. The minimum Gasteiger partial charge on any atom is -0.491 e. The van der Waals surface area contributed by atoms with E-state index < -0.39 is 21.7 Å². The Bertz CT molecular complexity index is 1790. The first kappa shape index (κ1) is 38.5. The molecule has 2 bridgehead atoms. The number of aryl methyl sites for hydroxylation is 3. The Balaban J connectivity index is 1.38. The fourth-order valence-electron chi connectivity index (χ4n) is 6.83. The molecule has 0 spiro atoms. The molecule has 4 atom stereocenters. The van der Waals surface area contributed by atoms with E-state index in [4.69, 9.17) is 21.1 Å². The largest absolute Gasteiger partial charge is 0.491 e. The Morgan fingerprint density at radius 1 is 1.08 bits per heavy atom. The van der Waals surface area contributed by atoms with Crippen LogP contribution in [0.3, 0.4) is 0 Å². The lowest BCUT2D eigenvalue weighted by atomic mass is 9.70. The molecule has 2 aromatic carbocycles. The number of nitrogens with one attached hydrogen (secondary N) is 1. The van der Waals surface area contributed by atoms with Gasteiger partial charge in [-0.2, -0.15) is 0 Å². The van der Waals surface area contributed by atoms with Gasteiger partial charge in [0.2, 0.25) is 5.91 Å². The fourth-order valence-corrected chi connectivity index (χ4v) is 8.65. The maximum absolute atomic E-state index is 14.2. The Labute approximate surface area is 308 Å². The van der Waals surface area contributed by atoms with Crippen molar-refractivity contribution in [1.29, 1.82) is 0 Å². The van der Waals surface area contributed by atoms with Crippen LogP contribution in [0.5, 0.6) is 5.75 Å². The summed E-state index contributed by atoms with van der Waals surface area (Å²) < 4.78 is 33.4. The molecule has 9 nitrogen and oxygen atoms in total. The fraction of sp³-hybridized carbons (Fsp3) is 0.475. The second-order valence-corrected chi connectivity index (χ2v) is 16.0. The number of amides is 2. The van der Waals surface area contributed by atoms with E-state index >= 15 is 0 Å². The van der Waals surface area contributed by atoms with Crippen LogP contribution >= 0.6 is 11.6 Å². The molecule has 274 valence electrons. The number of ether oxygens (including phenoxy) is 2. The van der Waals surface area contributed by atoms with Crippen LogP contribution in [-0.4, -0.2) is 59.7 Å². The number of benzene rings is 2. The van der Waals surface area contributed by atoms with Crippen LogP contribution in [0.25, 0.3) is 0 Å². The number of anilines is 1. The molecule has 2 amide bonds. The summed E-state index contributed by atoms with van der Waals surface area (Å²) in [6, 6.07) is 15.0. The highest BCUT2D eigenvalue weighted by atomic mass is 35.5. The Kier molecular flexibility index (Phi) is 14.1. The van der Waals surface area contributed by atoms with Gasteiger partial charge in [0.25, 0.3) is 5.91 Å². The second-order valence-electron chi connectivity index (χ2n) is 13.5. The lowest BCUT2D eigenvalue weighted by molar-refractivity contribution is -0.119. The molecule has 3 aromatic rings. The van der Waals surface area contributed by atoms with E-state index in [9.17, 15) is 13.8 Å². The molecule has 0 radical (unpaired) electrons. The molecule has 11 heteroatoms. The highest BCUT2D eigenvalue weighted by Crippen LogP contribution is 2.41. The van der Waals surface area contributed by atoms with Gasteiger partial charge in [-0.3, -0.25) is 19.3 Å². The Hall–Kier alpha value is -3.73. The van der Waals surface area contributed by atoms with Gasteiger partial charge in [0.05, 0.1) is 24.2 Å². The molecule has 0 saturated heterocycles. The summed E-state index contributed by atoms with van der Waals surface area (Å²) in [4.78, 5) is 33.1. The van der Waals surface area contributed by atoms with Gasteiger partial charge in [-0.25, -0.2) is 4.21 Å². The third-order valence-electron chi connectivity index (χ3n) is 9.97. The van der Waals surface area contributed by atoms with Crippen LogP contribution in [0.15, 0.2) is 77.4 Å². The number of carbonyl (C=O) groups excluding carboxylic acids is 2. The second kappa shape index (κ2) is 18.7. The summed E-state index contributed by atoms with van der Waals surface area (Å²) >= 11 is 6.23. The van der Waals surface area contributed by atoms with E-state index in [1.165, 1.54) is 11.1 Å². The molecule has 1 unspecified atom stereocenters. The summed E-state index contributed by atoms with van der Waals surface area (Å²) in [7, 11) is -1.65. The van der Waals surface area contributed by atoms with Gasteiger partial charge >= 0.3 is 0 Å². The number of nitrogens with zero attached hydrogens (tertiary/aromatic N) is 3. The number of allylic oxidation sites excluding steroid dienone is 1. The van der Waals surface area contributed by atoms with Crippen molar-refractivity contribution in [3.8, 4) is 5.75 Å². The average molecular weight is 735 g/mol. The number of carbonyl (C=O) groups is 2. The van der Waals surface area contributed by atoms with Gasteiger partial charge in [-0.1, -0.05) is 29.8 Å². The number of pyridine rings is 1. The van der Waals surface area contributed by atoms with Crippen molar-refractivity contribution in [3.05, 3.63) is 100 Å². The van der Waals surface area contributed by atoms with Gasteiger partial charge in [-0.15, -0.1) is 4.36 Å². The molecule has 51 heavy (non-hydrogen) atoms. The molecular weight excluding hydrogens is 684 g/mol. The quantitative estimate of drug-likeness (QED) is 0.149. The molecular formula is C40H51ClN4O5S. The van der Waals surface area contributed by atoms with Crippen LogP contribution in [0.2, 0.25) is 5.02 Å². The minimum atomic E-state index is -3.40. The number of halogens is 1. The maximum Gasteiger partial charge on any atom is 0.286 e. The monoisotopic (exact) mass is 734 g/mol. The van der Waals surface area contributed by atoms with Gasteiger partial charge in [0.15, 0.2) is 0 Å². The molecule has 1 aliphatic heterocycles. The van der Waals surface area contributed by atoms with Crippen molar-refractivity contribution < 1.29 is 23.3 Å². The number of hydrogen-bond donors (Lipinski definition) is 1. The number of fused-ring (bicyclic) bond motifs is 3. The molecule has 1 N–H and O–H groups in total. The smallest absolute Gasteiger partial charge is 0.286 e. The zero-order chi connectivity index (χ0) is 36.2. The highest BCUT2D eigenvalue weighted by Gasteiger charge is 2.37.